The number of carbonyl (C=O) groups is 3. The number of ketones is 3. The van der Waals surface area contributed by atoms with Crippen LogP contribution in [-0.2, 0) is 3.74 Å². The number of phenolic OH excluding ortho intramolecular Hbond substituents is 1. The van der Waals surface area contributed by atoms with E-state index >= 15 is 0 Å². The van der Waals surface area contributed by atoms with Crippen molar-refractivity contribution >= 4 is 64.5 Å². The van der Waals surface area contributed by atoms with Crippen LogP contribution in [0, 0.1) is 27.2 Å². The van der Waals surface area contributed by atoms with Gasteiger partial charge < -0.3 is 5.32 Å². The molecule has 16 heteroatoms. The molecule has 7 aromatic rings. The van der Waals surface area contributed by atoms with Gasteiger partial charge in [0.05, 0.1) is 4.92 Å². The third kappa shape index (κ3) is 14.3. The number of nitro groups is 2. The van der Waals surface area contributed by atoms with E-state index in [1.807, 2.05) is 85.8 Å². The van der Waals surface area contributed by atoms with E-state index in [9.17, 15) is 38.4 Å². The van der Waals surface area contributed by atoms with Crippen molar-refractivity contribution in [1.82, 2.24) is 0 Å². The summed E-state index contributed by atoms with van der Waals surface area (Å²) in [5, 5.41) is 33.4. The average molecular weight is 932 g/mol. The standard InChI is InChI=1S/C14H12ClNO.C14H12O.C13H9NO3.C6H6AsNO6/c1-16-13-8-7-11(15)9-12(13)14(17)10-5-3-2-4-6-10;1-11-6-5-9-13(10-11)14(15)12-7-3-2-4-8-12;15-13(10-5-2-1-3-6-10)11-7-4-8-12(9-11)14(16)17;9-6-2-1-4(7(10,11)12)3-5(6)8(13)14/h2-9,16H,1H3;2-10H,1H3;1-9H;1-3,9H,(H2,10,11,12). The number of carbonyl (C=O) groups excluding carboxylic acids is 3. The van der Waals surface area contributed by atoms with Gasteiger partial charge >= 0.3 is 80.2 Å². The molecule has 7 rings (SSSR count). The molecule has 0 aromatic heterocycles. The van der Waals surface area contributed by atoms with Crippen LogP contribution >= 0.6 is 11.6 Å². The number of rotatable bonds is 10. The molecule has 0 unspecified atom stereocenters. The molecule has 320 valence electrons. The number of benzene rings is 7. The van der Waals surface area contributed by atoms with Gasteiger partial charge in [0.1, 0.15) is 0 Å². The molecular formula is C47H39AsClN3O11. The number of halogens is 1. The number of anilines is 1. The van der Waals surface area contributed by atoms with Gasteiger partial charge in [-0.2, -0.15) is 0 Å². The van der Waals surface area contributed by atoms with Crippen LogP contribution in [0.25, 0.3) is 0 Å². The molecular weight excluding hydrogens is 893 g/mol. The number of non-ortho nitro benzene ring substituents is 1. The Kier molecular flexibility index (Phi) is 17.5. The third-order valence-corrected chi connectivity index (χ3v) is 10.9. The number of aromatic hydroxyl groups is 1. The fraction of sp³-hybridized carbons (Fsp3) is 0.0426. The summed E-state index contributed by atoms with van der Waals surface area (Å²) < 4.78 is 27.8. The second kappa shape index (κ2) is 22.9. The van der Waals surface area contributed by atoms with Crippen molar-refractivity contribution in [3.8, 4) is 5.75 Å². The molecule has 0 spiro atoms. The maximum atomic E-state index is 12.3. The van der Waals surface area contributed by atoms with Crippen molar-refractivity contribution in [3.05, 3.63) is 240 Å². The predicted molar refractivity (Wildman–Crippen MR) is 240 cm³/mol. The van der Waals surface area contributed by atoms with Gasteiger partial charge in [0, 0.05) is 63.3 Å². The number of hydrogen-bond acceptors (Lipinski definition) is 10. The Morgan fingerprint density at radius 1 is 0.571 bits per heavy atom. The molecule has 0 bridgehead atoms. The van der Waals surface area contributed by atoms with E-state index in [4.69, 9.17) is 24.9 Å². The second-order valence-corrected chi connectivity index (χ2v) is 17.0. The summed E-state index contributed by atoms with van der Waals surface area (Å²) in [5.41, 5.74) is 4.68. The molecule has 0 aliphatic heterocycles. The summed E-state index contributed by atoms with van der Waals surface area (Å²) in [6.07, 6.45) is 0. The van der Waals surface area contributed by atoms with Crippen LogP contribution in [-0.4, -0.2) is 61.7 Å². The van der Waals surface area contributed by atoms with E-state index in [1.165, 1.54) is 18.2 Å². The summed E-state index contributed by atoms with van der Waals surface area (Å²) >= 11 is 0.795. The molecule has 0 aliphatic carbocycles. The quantitative estimate of drug-likeness (QED) is 0.0438. The molecule has 0 atom stereocenters. The maximum absolute atomic E-state index is 12.3. The van der Waals surface area contributed by atoms with E-state index in [2.05, 4.69) is 5.32 Å². The van der Waals surface area contributed by atoms with Gasteiger partial charge in [-0.25, -0.2) is 0 Å². The van der Waals surface area contributed by atoms with Gasteiger partial charge in [0.2, 0.25) is 0 Å². The summed E-state index contributed by atoms with van der Waals surface area (Å²) in [4.78, 5) is 55.8. The molecule has 0 saturated carbocycles. The molecule has 14 nitrogen and oxygen atoms in total. The minimum absolute atomic E-state index is 0.0301. The predicted octanol–water partition coefficient (Wildman–Crippen LogP) is 8.53. The van der Waals surface area contributed by atoms with E-state index in [-0.39, 0.29) is 23.0 Å². The first-order chi connectivity index (χ1) is 30.0. The van der Waals surface area contributed by atoms with Crippen LogP contribution in [0.1, 0.15) is 53.3 Å². The van der Waals surface area contributed by atoms with Crippen molar-refractivity contribution in [2.75, 3.05) is 12.4 Å². The number of hydrogen-bond donors (Lipinski definition) is 4. The third-order valence-electron chi connectivity index (χ3n) is 8.69. The molecule has 0 saturated heterocycles. The Labute approximate surface area is 369 Å². The zero-order chi connectivity index (χ0) is 46.1. The molecule has 0 heterocycles. The molecule has 0 amide bonds. The Hall–Kier alpha value is -7.48. The summed E-state index contributed by atoms with van der Waals surface area (Å²) in [6.45, 7) is 1.99. The van der Waals surface area contributed by atoms with Gasteiger partial charge in [-0.1, -0.05) is 138 Å². The van der Waals surface area contributed by atoms with Crippen molar-refractivity contribution < 1.29 is 41.3 Å². The Balaban J connectivity index is 0.000000185. The number of nitrogens with one attached hydrogen (secondary N) is 1. The van der Waals surface area contributed by atoms with Crippen LogP contribution in [0.4, 0.5) is 17.1 Å². The van der Waals surface area contributed by atoms with E-state index in [1.54, 1.807) is 67.7 Å². The van der Waals surface area contributed by atoms with Gasteiger partial charge in [-0.3, -0.25) is 24.5 Å². The molecule has 4 N–H and O–H groups in total. The van der Waals surface area contributed by atoms with Crippen molar-refractivity contribution in [2.24, 2.45) is 0 Å². The number of aryl methyl sites for hydroxylation is 1. The van der Waals surface area contributed by atoms with Crippen molar-refractivity contribution in [1.29, 1.82) is 0 Å². The van der Waals surface area contributed by atoms with Gasteiger partial charge in [-0.15, -0.1) is 0 Å². The SMILES string of the molecule is CNc1ccc(Cl)cc1C(=O)c1ccccc1.Cc1cccc(C(=O)c2ccccc2)c1.O=C(c1ccccc1)c1cccc([N+](=O)[O-])c1.O=[N+]([O-])c1cc([As](=O)(O)O)ccc1O. The Morgan fingerprint density at radius 2 is 1.05 bits per heavy atom. The molecule has 0 radical (unpaired) electrons. The van der Waals surface area contributed by atoms with Crippen LogP contribution in [0.15, 0.2) is 176 Å². The van der Waals surface area contributed by atoms with Crippen LogP contribution in [0.3, 0.4) is 0 Å². The number of phenols is 1. The Morgan fingerprint density at radius 3 is 1.51 bits per heavy atom. The monoisotopic (exact) mass is 931 g/mol. The molecule has 0 aliphatic rings. The minimum atomic E-state index is -5.13. The van der Waals surface area contributed by atoms with Gasteiger partial charge in [-0.05, 0) is 31.2 Å². The second-order valence-electron chi connectivity index (χ2n) is 13.2. The summed E-state index contributed by atoms with van der Waals surface area (Å²) in [5.74, 6) is -0.784. The number of nitro benzene ring substituents is 2. The first-order valence-electron chi connectivity index (χ1n) is 18.6. The summed E-state index contributed by atoms with van der Waals surface area (Å²) in [7, 11) is 1.78. The molecule has 0 fully saturated rings. The zero-order valence-electron chi connectivity index (χ0n) is 33.6. The van der Waals surface area contributed by atoms with Crippen LogP contribution < -0.4 is 9.67 Å². The van der Waals surface area contributed by atoms with Gasteiger partial charge in [0.15, 0.2) is 17.3 Å². The van der Waals surface area contributed by atoms with Crippen LogP contribution in [0.5, 0.6) is 5.75 Å². The first-order valence-corrected chi connectivity index (χ1v) is 22.4. The Bertz CT molecular complexity index is 2770. The average Bonchev–Trinajstić information content (AvgIpc) is 3.29. The van der Waals surface area contributed by atoms with E-state index in [0.717, 1.165) is 34.5 Å². The topological polar surface area (TPSA) is 227 Å². The molecule has 63 heavy (non-hydrogen) atoms. The fourth-order valence-electron chi connectivity index (χ4n) is 5.57. The number of nitrogens with zero attached hydrogens (tertiary/aromatic N) is 2. The first kappa shape index (κ1) is 48.2. The molecule has 7 aromatic carbocycles. The normalized spacial score (nSPS) is 10.2. The zero-order valence-corrected chi connectivity index (χ0v) is 36.2. The van der Waals surface area contributed by atoms with Crippen LogP contribution in [0.2, 0.25) is 5.02 Å². The van der Waals surface area contributed by atoms with Crippen molar-refractivity contribution in [2.45, 2.75) is 6.92 Å². The fourth-order valence-corrected chi connectivity index (χ4v) is 6.91. The summed E-state index contributed by atoms with van der Waals surface area (Å²) in [6, 6.07) is 48.3. The van der Waals surface area contributed by atoms with E-state index in [0.29, 0.717) is 33.3 Å². The van der Waals surface area contributed by atoms with Crippen molar-refractivity contribution in [3.63, 3.8) is 0 Å². The van der Waals surface area contributed by atoms with Gasteiger partial charge in [0.25, 0.3) is 5.69 Å². The van der Waals surface area contributed by atoms with E-state index < -0.39 is 39.8 Å².